The molecule has 1 fully saturated rings. The van der Waals surface area contributed by atoms with Crippen LogP contribution in [-0.4, -0.2) is 43.0 Å². The summed E-state index contributed by atoms with van der Waals surface area (Å²) >= 11 is 4.91. The maximum absolute atomic E-state index is 12.2. The summed E-state index contributed by atoms with van der Waals surface area (Å²) < 4.78 is 6.42. The van der Waals surface area contributed by atoms with Crippen molar-refractivity contribution in [2.75, 3.05) is 26.2 Å². The highest BCUT2D eigenvalue weighted by atomic mass is 79.9. The Labute approximate surface area is 108 Å². The smallest absolute Gasteiger partial charge is 0.194 e. The van der Waals surface area contributed by atoms with Crippen molar-refractivity contribution in [3.63, 3.8) is 0 Å². The lowest BCUT2D eigenvalue weighted by molar-refractivity contribution is -0.0148. The molecule has 5 heteroatoms. The Morgan fingerprint density at radius 3 is 3.12 bits per heavy atom. The van der Waals surface area contributed by atoms with Crippen LogP contribution < -0.4 is 0 Å². The largest absolute Gasteiger partial charge is 0.367 e. The SMILES string of the molecule is CCN1CCOC(C(=O)c2cscc2Br)C1. The van der Waals surface area contributed by atoms with Gasteiger partial charge in [0, 0.05) is 33.9 Å². The Morgan fingerprint density at radius 2 is 2.50 bits per heavy atom. The van der Waals surface area contributed by atoms with E-state index in [1.807, 2.05) is 10.8 Å². The first-order chi connectivity index (χ1) is 7.72. The molecule has 0 N–H and O–H groups in total. The van der Waals surface area contributed by atoms with Gasteiger partial charge in [-0.1, -0.05) is 6.92 Å². The number of ether oxygens (including phenoxy) is 1. The second-order valence-corrected chi connectivity index (χ2v) is 5.35. The Bertz CT molecular complexity index is 380. The maximum atomic E-state index is 12.2. The van der Waals surface area contributed by atoms with Crippen LogP contribution in [0, 0.1) is 0 Å². The molecule has 88 valence electrons. The van der Waals surface area contributed by atoms with Crippen LogP contribution >= 0.6 is 27.3 Å². The van der Waals surface area contributed by atoms with Crippen molar-refractivity contribution < 1.29 is 9.53 Å². The topological polar surface area (TPSA) is 29.5 Å². The van der Waals surface area contributed by atoms with Crippen molar-refractivity contribution in [3.8, 4) is 0 Å². The first-order valence-corrected chi connectivity index (χ1v) is 7.05. The molecule has 1 atom stereocenters. The number of hydrogen-bond donors (Lipinski definition) is 0. The van der Waals surface area contributed by atoms with Crippen molar-refractivity contribution in [2.24, 2.45) is 0 Å². The Hall–Kier alpha value is -0.230. The van der Waals surface area contributed by atoms with Gasteiger partial charge in [0.2, 0.25) is 0 Å². The van der Waals surface area contributed by atoms with Gasteiger partial charge in [-0.3, -0.25) is 9.69 Å². The molecule has 2 rings (SSSR count). The minimum absolute atomic E-state index is 0.0891. The van der Waals surface area contributed by atoms with E-state index in [1.165, 1.54) is 11.3 Å². The van der Waals surface area contributed by atoms with Crippen LogP contribution in [-0.2, 0) is 4.74 Å². The van der Waals surface area contributed by atoms with E-state index in [4.69, 9.17) is 4.74 Å². The van der Waals surface area contributed by atoms with Gasteiger partial charge in [-0.25, -0.2) is 0 Å². The normalized spacial score (nSPS) is 22.2. The lowest BCUT2D eigenvalue weighted by Crippen LogP contribution is -2.45. The number of nitrogens with zero attached hydrogens (tertiary/aromatic N) is 1. The monoisotopic (exact) mass is 303 g/mol. The number of halogens is 1. The van der Waals surface area contributed by atoms with Crippen molar-refractivity contribution in [1.82, 2.24) is 4.90 Å². The quantitative estimate of drug-likeness (QED) is 0.803. The summed E-state index contributed by atoms with van der Waals surface area (Å²) in [6.07, 6.45) is -0.306. The highest BCUT2D eigenvalue weighted by molar-refractivity contribution is 9.10. The van der Waals surface area contributed by atoms with E-state index in [0.717, 1.165) is 23.1 Å². The van der Waals surface area contributed by atoms with E-state index < -0.39 is 0 Å². The number of likely N-dealkylation sites (N-methyl/N-ethyl adjacent to an activating group) is 1. The number of thiophene rings is 1. The first kappa shape index (κ1) is 12.2. The zero-order valence-electron chi connectivity index (χ0n) is 9.11. The molecule has 1 aromatic heterocycles. The Kier molecular flexibility index (Phi) is 4.13. The highest BCUT2D eigenvalue weighted by Crippen LogP contribution is 2.24. The van der Waals surface area contributed by atoms with Crippen LogP contribution in [0.15, 0.2) is 15.2 Å². The molecule has 2 heterocycles. The number of ketones is 1. The van der Waals surface area contributed by atoms with Crippen LogP contribution in [0.1, 0.15) is 17.3 Å². The van der Waals surface area contributed by atoms with Gasteiger partial charge >= 0.3 is 0 Å². The van der Waals surface area contributed by atoms with E-state index >= 15 is 0 Å². The van der Waals surface area contributed by atoms with E-state index in [1.54, 1.807) is 0 Å². The molecule has 1 aliphatic rings. The maximum Gasteiger partial charge on any atom is 0.194 e. The summed E-state index contributed by atoms with van der Waals surface area (Å²) in [4.78, 5) is 14.4. The third kappa shape index (κ3) is 2.53. The summed E-state index contributed by atoms with van der Waals surface area (Å²) in [6.45, 7) is 5.35. The predicted molar refractivity (Wildman–Crippen MR) is 68.2 cm³/mol. The number of carbonyl (C=O) groups is 1. The average molecular weight is 304 g/mol. The zero-order valence-corrected chi connectivity index (χ0v) is 11.5. The van der Waals surface area contributed by atoms with Gasteiger partial charge in [0.05, 0.1) is 6.61 Å². The van der Waals surface area contributed by atoms with Crippen molar-refractivity contribution in [3.05, 3.63) is 20.8 Å². The molecule has 16 heavy (non-hydrogen) atoms. The van der Waals surface area contributed by atoms with Crippen LogP contribution in [0.2, 0.25) is 0 Å². The van der Waals surface area contributed by atoms with E-state index in [-0.39, 0.29) is 11.9 Å². The van der Waals surface area contributed by atoms with Gasteiger partial charge in [0.15, 0.2) is 5.78 Å². The minimum atomic E-state index is -0.306. The molecular weight excluding hydrogens is 290 g/mol. The molecular formula is C11H14BrNO2S. The molecule has 1 aromatic rings. The fourth-order valence-electron chi connectivity index (χ4n) is 1.78. The van der Waals surface area contributed by atoms with Crippen LogP contribution in [0.3, 0.4) is 0 Å². The standard InChI is InChI=1S/C11H14BrNO2S/c1-2-13-3-4-15-10(5-13)11(14)8-6-16-7-9(8)12/h6-7,10H,2-5H2,1H3. The molecule has 0 radical (unpaired) electrons. The zero-order chi connectivity index (χ0) is 11.5. The van der Waals surface area contributed by atoms with E-state index in [2.05, 4.69) is 27.8 Å². The summed E-state index contributed by atoms with van der Waals surface area (Å²) in [5.74, 6) is 0.0891. The molecule has 0 aliphatic carbocycles. The van der Waals surface area contributed by atoms with E-state index in [9.17, 15) is 4.79 Å². The van der Waals surface area contributed by atoms with Gasteiger partial charge in [-0.2, -0.15) is 11.3 Å². The minimum Gasteiger partial charge on any atom is -0.367 e. The van der Waals surface area contributed by atoms with Gasteiger partial charge in [-0.15, -0.1) is 0 Å². The molecule has 0 spiro atoms. The second kappa shape index (κ2) is 5.40. The lowest BCUT2D eigenvalue weighted by Gasteiger charge is -2.31. The summed E-state index contributed by atoms with van der Waals surface area (Å²) in [5.41, 5.74) is 0.743. The molecule has 1 saturated heterocycles. The third-order valence-corrected chi connectivity index (χ3v) is 4.47. The number of hydrogen-bond acceptors (Lipinski definition) is 4. The molecule has 1 unspecified atom stereocenters. The Morgan fingerprint density at radius 1 is 1.69 bits per heavy atom. The molecule has 1 aliphatic heterocycles. The van der Waals surface area contributed by atoms with Crippen molar-refractivity contribution >= 4 is 33.0 Å². The molecule has 0 amide bonds. The van der Waals surface area contributed by atoms with Gasteiger partial charge in [0.1, 0.15) is 6.10 Å². The predicted octanol–water partition coefficient (Wildman–Crippen LogP) is 2.41. The fraction of sp³-hybridized carbons (Fsp3) is 0.545. The number of morpholine rings is 1. The Balaban J connectivity index is 2.07. The van der Waals surface area contributed by atoms with Crippen molar-refractivity contribution in [2.45, 2.75) is 13.0 Å². The van der Waals surface area contributed by atoms with Gasteiger partial charge < -0.3 is 4.74 Å². The highest BCUT2D eigenvalue weighted by Gasteiger charge is 2.28. The average Bonchev–Trinajstić information content (AvgIpc) is 2.74. The summed E-state index contributed by atoms with van der Waals surface area (Å²) in [6, 6.07) is 0. The molecule has 0 aromatic carbocycles. The van der Waals surface area contributed by atoms with E-state index in [0.29, 0.717) is 13.2 Å². The second-order valence-electron chi connectivity index (χ2n) is 3.75. The van der Waals surface area contributed by atoms with Gasteiger partial charge in [-0.05, 0) is 22.5 Å². The van der Waals surface area contributed by atoms with Crippen LogP contribution in [0.4, 0.5) is 0 Å². The molecule has 0 saturated carbocycles. The van der Waals surface area contributed by atoms with Gasteiger partial charge in [0.25, 0.3) is 0 Å². The third-order valence-electron chi connectivity index (χ3n) is 2.77. The molecule has 0 bridgehead atoms. The van der Waals surface area contributed by atoms with Crippen molar-refractivity contribution in [1.29, 1.82) is 0 Å². The summed E-state index contributed by atoms with van der Waals surface area (Å²) in [5, 5.41) is 3.80. The number of Topliss-reactive ketones (excluding diaryl/α,β-unsaturated/α-hetero) is 1. The number of rotatable bonds is 3. The van der Waals surface area contributed by atoms with Crippen LogP contribution in [0.5, 0.6) is 0 Å². The summed E-state index contributed by atoms with van der Waals surface area (Å²) in [7, 11) is 0. The first-order valence-electron chi connectivity index (χ1n) is 5.32. The lowest BCUT2D eigenvalue weighted by atomic mass is 10.1. The molecule has 3 nitrogen and oxygen atoms in total. The van der Waals surface area contributed by atoms with Crippen LogP contribution in [0.25, 0.3) is 0 Å². The number of carbonyl (C=O) groups excluding carboxylic acids is 1. The fourth-order valence-corrected chi connectivity index (χ4v) is 3.26.